The van der Waals surface area contributed by atoms with Gasteiger partial charge in [-0.2, -0.15) is 16.8 Å². The van der Waals surface area contributed by atoms with E-state index in [1.165, 1.54) is 49.6 Å². The van der Waals surface area contributed by atoms with E-state index in [4.69, 9.17) is 13.1 Å². The van der Waals surface area contributed by atoms with Crippen LogP contribution in [0.1, 0.15) is 5.56 Å². The molecule has 29 heavy (non-hydrogen) atoms. The van der Waals surface area contributed by atoms with Crippen molar-refractivity contribution >= 4 is 20.2 Å². The summed E-state index contributed by atoms with van der Waals surface area (Å²) in [5, 5.41) is 0. The minimum atomic E-state index is -4.15. The van der Waals surface area contributed by atoms with Crippen molar-refractivity contribution in [1.82, 2.24) is 0 Å². The monoisotopic (exact) mass is 434 g/mol. The van der Waals surface area contributed by atoms with E-state index in [9.17, 15) is 16.8 Å². The summed E-state index contributed by atoms with van der Waals surface area (Å²) in [6.45, 7) is 1.84. The number of ether oxygens (including phenoxy) is 1. The third-order valence-electron chi connectivity index (χ3n) is 3.90. The molecule has 0 saturated heterocycles. The number of hydrogen-bond acceptors (Lipinski definition) is 7. The Labute approximate surface area is 169 Å². The molecule has 0 N–H and O–H groups in total. The summed E-state index contributed by atoms with van der Waals surface area (Å²) in [5.74, 6) is 0.277. The summed E-state index contributed by atoms with van der Waals surface area (Å²) in [6.07, 6.45) is 0. The Morgan fingerprint density at radius 2 is 1.10 bits per heavy atom. The summed E-state index contributed by atoms with van der Waals surface area (Å²) in [7, 11) is -6.78. The van der Waals surface area contributed by atoms with Crippen molar-refractivity contribution in [3.05, 3.63) is 78.4 Å². The van der Waals surface area contributed by atoms with E-state index in [1.54, 1.807) is 30.3 Å². The van der Waals surface area contributed by atoms with Gasteiger partial charge in [-0.05, 0) is 55.5 Å². The maximum absolute atomic E-state index is 12.5. The molecule has 0 radical (unpaired) electrons. The summed E-state index contributed by atoms with van der Waals surface area (Å²) in [5.41, 5.74) is 0.911. The van der Waals surface area contributed by atoms with Crippen LogP contribution in [-0.4, -0.2) is 23.9 Å². The highest BCUT2D eigenvalue weighted by Gasteiger charge is 2.21. The smallest absolute Gasteiger partial charge is 0.339 e. The van der Waals surface area contributed by atoms with Crippen LogP contribution in [0.5, 0.6) is 17.2 Å². The molecule has 0 aromatic heterocycles. The summed E-state index contributed by atoms with van der Waals surface area (Å²) >= 11 is 0. The van der Waals surface area contributed by atoms with Crippen LogP contribution in [0.2, 0.25) is 0 Å². The molecule has 3 rings (SSSR count). The van der Waals surface area contributed by atoms with Crippen LogP contribution < -0.4 is 13.1 Å². The molecule has 0 spiro atoms. The zero-order valence-electron chi connectivity index (χ0n) is 15.6. The lowest BCUT2D eigenvalue weighted by atomic mass is 10.2. The van der Waals surface area contributed by atoms with Crippen LogP contribution in [0.25, 0.3) is 0 Å². The zero-order chi connectivity index (χ0) is 21.1. The van der Waals surface area contributed by atoms with Crippen molar-refractivity contribution in [2.75, 3.05) is 7.11 Å². The first-order valence-electron chi connectivity index (χ1n) is 8.40. The number of aryl methyl sites for hydroxylation is 1. The summed E-state index contributed by atoms with van der Waals surface area (Å²) < 4.78 is 64.9. The predicted molar refractivity (Wildman–Crippen MR) is 106 cm³/mol. The normalized spacial score (nSPS) is 11.7. The van der Waals surface area contributed by atoms with Gasteiger partial charge >= 0.3 is 20.2 Å². The standard InChI is InChI=1S/C20H18O7S2/c1-15-7-11-17(12-8-15)28(21,22)26-16-9-13-18(14-10-16)29(23,24)27-20-6-4-3-5-19(20)25-2/h3-14H,1-2H3. The van der Waals surface area contributed by atoms with Gasteiger partial charge in [0, 0.05) is 0 Å². The molecule has 0 bridgehead atoms. The molecule has 3 aromatic rings. The van der Waals surface area contributed by atoms with Crippen molar-refractivity contribution in [2.24, 2.45) is 0 Å². The Kier molecular flexibility index (Phi) is 5.81. The van der Waals surface area contributed by atoms with Crippen molar-refractivity contribution in [1.29, 1.82) is 0 Å². The molecular weight excluding hydrogens is 416 g/mol. The number of benzene rings is 3. The van der Waals surface area contributed by atoms with E-state index < -0.39 is 20.2 Å². The number of rotatable bonds is 7. The zero-order valence-corrected chi connectivity index (χ0v) is 17.2. The first-order chi connectivity index (χ1) is 13.7. The molecule has 0 atom stereocenters. The van der Waals surface area contributed by atoms with E-state index in [1.807, 2.05) is 6.92 Å². The quantitative estimate of drug-likeness (QED) is 0.525. The molecule has 0 aliphatic heterocycles. The lowest BCUT2D eigenvalue weighted by molar-refractivity contribution is 0.390. The lowest BCUT2D eigenvalue weighted by Gasteiger charge is -2.11. The SMILES string of the molecule is COc1ccccc1OS(=O)(=O)c1ccc(OS(=O)(=O)c2ccc(C)cc2)cc1. The van der Waals surface area contributed by atoms with Crippen LogP contribution in [0.4, 0.5) is 0 Å². The van der Waals surface area contributed by atoms with Gasteiger partial charge < -0.3 is 13.1 Å². The molecule has 0 saturated carbocycles. The average Bonchev–Trinajstić information content (AvgIpc) is 2.68. The van der Waals surface area contributed by atoms with Gasteiger partial charge in [-0.25, -0.2) is 0 Å². The Morgan fingerprint density at radius 1 is 0.621 bits per heavy atom. The minimum absolute atomic E-state index is 0.000644. The van der Waals surface area contributed by atoms with Crippen LogP contribution in [-0.2, 0) is 20.2 Å². The van der Waals surface area contributed by atoms with Crippen LogP contribution >= 0.6 is 0 Å². The van der Waals surface area contributed by atoms with E-state index in [0.717, 1.165) is 5.56 Å². The summed E-state index contributed by atoms with van der Waals surface area (Å²) in [4.78, 5) is -0.164. The summed E-state index contributed by atoms with van der Waals surface area (Å²) in [6, 6.07) is 17.4. The minimum Gasteiger partial charge on any atom is -0.493 e. The first-order valence-corrected chi connectivity index (χ1v) is 11.2. The van der Waals surface area contributed by atoms with Crippen molar-refractivity contribution < 1.29 is 29.9 Å². The number of para-hydroxylation sites is 2. The van der Waals surface area contributed by atoms with Gasteiger partial charge in [0.1, 0.15) is 15.5 Å². The van der Waals surface area contributed by atoms with Gasteiger partial charge in [0.2, 0.25) is 0 Å². The van der Waals surface area contributed by atoms with Gasteiger partial charge in [-0.3, -0.25) is 0 Å². The largest absolute Gasteiger partial charge is 0.493 e. The second-order valence-electron chi connectivity index (χ2n) is 6.01. The Morgan fingerprint density at radius 3 is 1.66 bits per heavy atom. The molecule has 0 aliphatic rings. The fourth-order valence-corrected chi connectivity index (χ4v) is 4.27. The molecule has 0 amide bonds. The maximum atomic E-state index is 12.5. The van der Waals surface area contributed by atoms with E-state index in [-0.39, 0.29) is 27.0 Å². The number of hydrogen-bond donors (Lipinski definition) is 0. The van der Waals surface area contributed by atoms with Crippen LogP contribution in [0.3, 0.4) is 0 Å². The fraction of sp³-hybridized carbons (Fsp3) is 0.100. The predicted octanol–water partition coefficient (Wildman–Crippen LogP) is 3.54. The van der Waals surface area contributed by atoms with Gasteiger partial charge in [0.15, 0.2) is 11.5 Å². The Bertz CT molecular complexity index is 1200. The van der Waals surface area contributed by atoms with Gasteiger partial charge in [0.05, 0.1) is 7.11 Å². The van der Waals surface area contributed by atoms with Crippen molar-refractivity contribution in [3.63, 3.8) is 0 Å². The Balaban J connectivity index is 1.79. The molecule has 0 fully saturated rings. The van der Waals surface area contributed by atoms with Gasteiger partial charge in [-0.1, -0.05) is 29.8 Å². The molecule has 152 valence electrons. The van der Waals surface area contributed by atoms with Gasteiger partial charge in [0.25, 0.3) is 0 Å². The van der Waals surface area contributed by atoms with Crippen LogP contribution in [0.15, 0.2) is 82.6 Å². The van der Waals surface area contributed by atoms with E-state index >= 15 is 0 Å². The topological polar surface area (TPSA) is 96.0 Å². The average molecular weight is 434 g/mol. The molecule has 0 aliphatic carbocycles. The highest BCUT2D eigenvalue weighted by molar-refractivity contribution is 7.87. The van der Waals surface area contributed by atoms with Crippen molar-refractivity contribution in [2.45, 2.75) is 16.7 Å². The molecule has 7 nitrogen and oxygen atoms in total. The Hall–Kier alpha value is -3.04. The number of methoxy groups -OCH3 is 1. The maximum Gasteiger partial charge on any atom is 0.339 e. The lowest BCUT2D eigenvalue weighted by Crippen LogP contribution is -2.11. The van der Waals surface area contributed by atoms with Crippen molar-refractivity contribution in [3.8, 4) is 17.2 Å². The van der Waals surface area contributed by atoms with E-state index in [0.29, 0.717) is 0 Å². The first kappa shape index (κ1) is 20.7. The molecule has 0 heterocycles. The second kappa shape index (κ2) is 8.14. The molecule has 3 aromatic carbocycles. The second-order valence-corrected chi connectivity index (χ2v) is 9.10. The third-order valence-corrected chi connectivity index (χ3v) is 6.41. The fourth-order valence-electron chi connectivity index (χ4n) is 2.40. The molecule has 0 unspecified atom stereocenters. The van der Waals surface area contributed by atoms with Gasteiger partial charge in [-0.15, -0.1) is 0 Å². The molecular formula is C20H18O7S2. The highest BCUT2D eigenvalue weighted by atomic mass is 32.2. The third kappa shape index (κ3) is 4.87. The highest BCUT2D eigenvalue weighted by Crippen LogP contribution is 2.29. The van der Waals surface area contributed by atoms with E-state index in [2.05, 4.69) is 0 Å². The molecule has 9 heteroatoms. The van der Waals surface area contributed by atoms with Crippen LogP contribution in [0, 0.1) is 6.92 Å².